The van der Waals surface area contributed by atoms with Gasteiger partial charge in [-0.05, 0) is 49.0 Å². The Balaban J connectivity index is 1.62. The van der Waals surface area contributed by atoms with E-state index in [0.717, 1.165) is 23.4 Å². The summed E-state index contributed by atoms with van der Waals surface area (Å²) in [6.45, 7) is 7.65. The fraction of sp³-hybridized carbons (Fsp3) is 0.370. The average Bonchev–Trinajstić information content (AvgIpc) is 2.93. The van der Waals surface area contributed by atoms with Crippen LogP contribution in [0.25, 0.3) is 6.08 Å². The van der Waals surface area contributed by atoms with Crippen LogP contribution in [0.2, 0.25) is 0 Å². The van der Waals surface area contributed by atoms with Crippen molar-refractivity contribution in [3.63, 3.8) is 0 Å². The summed E-state index contributed by atoms with van der Waals surface area (Å²) in [4.78, 5) is 7.15. The lowest BCUT2D eigenvalue weighted by Gasteiger charge is -2.46. The van der Waals surface area contributed by atoms with E-state index in [0.29, 0.717) is 6.54 Å². The molecule has 1 saturated carbocycles. The third-order valence-corrected chi connectivity index (χ3v) is 6.75. The molecule has 0 aromatic heterocycles. The minimum absolute atomic E-state index is 0.0428. The molecule has 29 heavy (non-hydrogen) atoms. The molecule has 1 aliphatic heterocycles. The van der Waals surface area contributed by atoms with Gasteiger partial charge in [0.2, 0.25) is 0 Å². The van der Waals surface area contributed by atoms with Gasteiger partial charge >= 0.3 is 0 Å². The number of fused-ring (bicyclic) bond motifs is 1. The Labute approximate surface area is 175 Å². The molecule has 1 unspecified atom stereocenters. The highest BCUT2D eigenvalue weighted by atomic mass is 15.2. The molecule has 0 bridgehead atoms. The second kappa shape index (κ2) is 8.41. The fourth-order valence-electron chi connectivity index (χ4n) is 4.63. The Morgan fingerprint density at radius 1 is 1.10 bits per heavy atom. The van der Waals surface area contributed by atoms with Crippen LogP contribution in [0.15, 0.2) is 83.5 Å². The van der Waals surface area contributed by atoms with Crippen LogP contribution < -0.4 is 10.6 Å². The molecule has 1 heterocycles. The van der Waals surface area contributed by atoms with Crippen LogP contribution in [-0.2, 0) is 6.42 Å². The molecule has 150 valence electrons. The van der Waals surface area contributed by atoms with Crippen LogP contribution in [0.3, 0.4) is 0 Å². The Kier molecular flexibility index (Phi) is 5.71. The highest BCUT2D eigenvalue weighted by molar-refractivity contribution is 5.57. The Bertz CT molecular complexity index is 1010. The van der Waals surface area contributed by atoms with Gasteiger partial charge in [0.15, 0.2) is 0 Å². The van der Waals surface area contributed by atoms with Crippen LogP contribution in [0, 0.1) is 5.92 Å². The van der Waals surface area contributed by atoms with Crippen LogP contribution in [0.4, 0.5) is 0 Å². The zero-order valence-corrected chi connectivity index (χ0v) is 17.8. The first-order valence-corrected chi connectivity index (χ1v) is 10.8. The monoisotopic (exact) mass is 384 g/mol. The highest BCUT2D eigenvalue weighted by Gasteiger charge is 2.35. The molecule has 0 amide bonds. The number of hydrogen-bond donors (Lipinski definition) is 0. The first-order valence-electron chi connectivity index (χ1n) is 10.8. The van der Waals surface area contributed by atoms with Gasteiger partial charge in [-0.15, -0.1) is 0 Å². The molecule has 1 atom stereocenters. The summed E-state index contributed by atoms with van der Waals surface area (Å²) in [5.41, 5.74) is 3.72. The molecule has 2 aliphatic rings. The van der Waals surface area contributed by atoms with Crippen molar-refractivity contribution >= 4 is 6.08 Å². The number of likely N-dealkylation sites (N-methyl/N-ethyl adjacent to an activating group) is 1. The molecule has 2 aromatic carbocycles. The predicted molar refractivity (Wildman–Crippen MR) is 122 cm³/mol. The van der Waals surface area contributed by atoms with Crippen molar-refractivity contribution in [2.75, 3.05) is 13.6 Å². The van der Waals surface area contributed by atoms with Gasteiger partial charge in [-0.3, -0.25) is 4.99 Å². The minimum atomic E-state index is 0.0428. The van der Waals surface area contributed by atoms with Gasteiger partial charge in [-0.2, -0.15) is 0 Å². The Hall–Kier alpha value is -2.61. The summed E-state index contributed by atoms with van der Waals surface area (Å²) < 4.78 is 0. The van der Waals surface area contributed by atoms with Gasteiger partial charge in [-0.1, -0.05) is 80.4 Å². The fourth-order valence-corrected chi connectivity index (χ4v) is 4.63. The van der Waals surface area contributed by atoms with E-state index in [-0.39, 0.29) is 5.54 Å². The SMILES string of the molecule is C=C(C1=CCN=c2ccccc2=C1)N(C)C(C)(Cc1ccccc1)CC1CCC1. The van der Waals surface area contributed by atoms with Crippen LogP contribution >= 0.6 is 0 Å². The summed E-state index contributed by atoms with van der Waals surface area (Å²) in [5, 5.41) is 2.24. The number of para-hydroxylation sites is 1. The molecule has 0 radical (unpaired) electrons. The second-order valence-corrected chi connectivity index (χ2v) is 8.87. The van der Waals surface area contributed by atoms with E-state index in [1.54, 1.807) is 0 Å². The molecule has 2 aromatic rings. The standard InChI is InChI=1S/C27H32N2/c1-21(24-16-17-28-26-15-8-7-14-25(26)18-24)29(3)27(2,20-23-12-9-13-23)19-22-10-5-4-6-11-22/h4-8,10-11,14-16,18,23H,1,9,12-13,17,19-20H2,2-3H3. The number of hydrogen-bond acceptors (Lipinski definition) is 2. The zero-order chi connectivity index (χ0) is 20.3. The normalized spacial score (nSPS) is 18.1. The van der Waals surface area contributed by atoms with Crippen LogP contribution in [0.5, 0.6) is 0 Å². The molecular formula is C27H32N2. The molecule has 2 heteroatoms. The molecule has 0 N–H and O–H groups in total. The van der Waals surface area contributed by atoms with E-state index < -0.39 is 0 Å². The van der Waals surface area contributed by atoms with Crippen molar-refractivity contribution in [2.24, 2.45) is 10.9 Å². The number of rotatable bonds is 7. The third-order valence-electron chi connectivity index (χ3n) is 6.75. The quantitative estimate of drug-likeness (QED) is 0.678. The lowest BCUT2D eigenvalue weighted by Crippen LogP contribution is -2.47. The smallest absolute Gasteiger partial charge is 0.0650 e. The van der Waals surface area contributed by atoms with Gasteiger partial charge in [0.05, 0.1) is 11.9 Å². The van der Waals surface area contributed by atoms with Gasteiger partial charge in [-0.25, -0.2) is 0 Å². The predicted octanol–water partition coefficient (Wildman–Crippen LogP) is 4.66. The van der Waals surface area contributed by atoms with Crippen molar-refractivity contribution in [1.82, 2.24) is 4.90 Å². The van der Waals surface area contributed by atoms with Crippen LogP contribution in [-0.4, -0.2) is 24.0 Å². The summed E-state index contributed by atoms with van der Waals surface area (Å²) in [7, 11) is 2.23. The number of allylic oxidation sites excluding steroid dienone is 1. The van der Waals surface area contributed by atoms with Crippen molar-refractivity contribution < 1.29 is 0 Å². The summed E-state index contributed by atoms with van der Waals surface area (Å²) >= 11 is 0. The number of nitrogens with zero attached hydrogens (tertiary/aromatic N) is 2. The highest BCUT2D eigenvalue weighted by Crippen LogP contribution is 2.39. The van der Waals surface area contributed by atoms with Crippen molar-refractivity contribution in [3.8, 4) is 0 Å². The van der Waals surface area contributed by atoms with Gasteiger partial charge in [0.25, 0.3) is 0 Å². The van der Waals surface area contributed by atoms with Crippen molar-refractivity contribution in [3.05, 3.63) is 94.7 Å². The Morgan fingerprint density at radius 3 is 2.55 bits per heavy atom. The van der Waals surface area contributed by atoms with Crippen LogP contribution in [0.1, 0.15) is 38.2 Å². The van der Waals surface area contributed by atoms with Crippen molar-refractivity contribution in [1.29, 1.82) is 0 Å². The summed E-state index contributed by atoms with van der Waals surface area (Å²) in [6, 6.07) is 19.3. The van der Waals surface area contributed by atoms with E-state index in [4.69, 9.17) is 4.99 Å². The van der Waals surface area contributed by atoms with E-state index in [9.17, 15) is 0 Å². The summed E-state index contributed by atoms with van der Waals surface area (Å²) in [5.74, 6) is 0.835. The molecule has 2 nitrogen and oxygen atoms in total. The first kappa shape index (κ1) is 19.7. The molecular weight excluding hydrogens is 352 g/mol. The average molecular weight is 385 g/mol. The largest absolute Gasteiger partial charge is 0.369 e. The Morgan fingerprint density at radius 2 is 1.83 bits per heavy atom. The first-order chi connectivity index (χ1) is 14.0. The maximum atomic E-state index is 4.71. The maximum absolute atomic E-state index is 4.71. The van der Waals surface area contributed by atoms with Gasteiger partial charge in [0, 0.05) is 23.5 Å². The third kappa shape index (κ3) is 4.37. The summed E-state index contributed by atoms with van der Waals surface area (Å²) in [6.07, 6.45) is 10.8. The molecule has 1 aliphatic carbocycles. The molecule has 1 fully saturated rings. The lowest BCUT2D eigenvalue weighted by molar-refractivity contribution is 0.117. The zero-order valence-electron chi connectivity index (χ0n) is 17.8. The maximum Gasteiger partial charge on any atom is 0.0650 e. The van der Waals surface area contributed by atoms with E-state index in [2.05, 4.69) is 92.2 Å². The lowest BCUT2D eigenvalue weighted by atomic mass is 9.73. The molecule has 0 spiro atoms. The van der Waals surface area contributed by atoms with E-state index in [1.165, 1.54) is 42.0 Å². The number of benzene rings is 2. The van der Waals surface area contributed by atoms with Crippen molar-refractivity contribution in [2.45, 2.75) is 44.6 Å². The molecule has 4 rings (SSSR count). The van der Waals surface area contributed by atoms with E-state index in [1.807, 2.05) is 0 Å². The van der Waals surface area contributed by atoms with Gasteiger partial charge in [0.1, 0.15) is 0 Å². The minimum Gasteiger partial charge on any atom is -0.369 e. The van der Waals surface area contributed by atoms with E-state index >= 15 is 0 Å². The van der Waals surface area contributed by atoms with Gasteiger partial charge < -0.3 is 4.90 Å². The topological polar surface area (TPSA) is 15.6 Å². The second-order valence-electron chi connectivity index (χ2n) is 8.87. The molecule has 0 saturated heterocycles.